The lowest BCUT2D eigenvalue weighted by Crippen LogP contribution is -2.58. The number of hydrogen-bond acceptors (Lipinski definition) is 5. The second-order valence-electron chi connectivity index (χ2n) is 6.41. The third-order valence-electron chi connectivity index (χ3n) is 4.98. The van der Waals surface area contributed by atoms with Crippen LogP contribution < -0.4 is 4.90 Å². The first-order valence-electron chi connectivity index (χ1n) is 8.62. The number of carbonyl (C=O) groups is 1. The number of β-amino-alcohol motifs (C(OH)–C–C–N with tert-alkyl or cyclic N) is 1. The summed E-state index contributed by atoms with van der Waals surface area (Å²) in [5.74, 6) is 0.168. The summed E-state index contributed by atoms with van der Waals surface area (Å²) >= 11 is 0. The molecule has 24 heavy (non-hydrogen) atoms. The molecule has 3 rings (SSSR count). The standard InChI is InChI=1S/C18H24N4O2/c19-14-15-3-5-16(6-4-15)22-7-1-2-17(18(22)24)21-10-8-20(9-11-21)12-13-23/h3-6,17,23H,1-2,7-13H2. The highest BCUT2D eigenvalue weighted by Gasteiger charge is 2.35. The normalized spacial score (nSPS) is 23.2. The van der Waals surface area contributed by atoms with E-state index in [4.69, 9.17) is 10.4 Å². The lowest BCUT2D eigenvalue weighted by Gasteiger charge is -2.42. The third-order valence-corrected chi connectivity index (χ3v) is 4.98. The number of nitriles is 1. The molecule has 0 spiro atoms. The minimum absolute atomic E-state index is 0.0503. The average Bonchev–Trinajstić information content (AvgIpc) is 2.63. The van der Waals surface area contributed by atoms with Gasteiger partial charge in [-0.25, -0.2) is 0 Å². The minimum atomic E-state index is -0.0503. The topological polar surface area (TPSA) is 70.8 Å². The van der Waals surface area contributed by atoms with Crippen LogP contribution in [0.5, 0.6) is 0 Å². The highest BCUT2D eigenvalue weighted by molar-refractivity contribution is 5.98. The lowest BCUT2D eigenvalue weighted by molar-refractivity contribution is -0.126. The van der Waals surface area contributed by atoms with E-state index in [1.165, 1.54) is 0 Å². The summed E-state index contributed by atoms with van der Waals surface area (Å²) in [6.45, 7) is 5.20. The van der Waals surface area contributed by atoms with E-state index >= 15 is 0 Å². The van der Waals surface area contributed by atoms with Gasteiger partial charge in [-0.3, -0.25) is 14.6 Å². The first-order valence-corrected chi connectivity index (χ1v) is 8.62. The van der Waals surface area contributed by atoms with Gasteiger partial charge in [-0.05, 0) is 37.1 Å². The second-order valence-corrected chi connectivity index (χ2v) is 6.41. The smallest absolute Gasteiger partial charge is 0.244 e. The van der Waals surface area contributed by atoms with Crippen LogP contribution in [0, 0.1) is 11.3 Å². The number of anilines is 1. The summed E-state index contributed by atoms with van der Waals surface area (Å²) in [4.78, 5) is 19.3. The van der Waals surface area contributed by atoms with Crippen molar-refractivity contribution >= 4 is 11.6 Å². The molecular formula is C18H24N4O2. The third kappa shape index (κ3) is 3.59. The van der Waals surface area contributed by atoms with Crippen molar-refractivity contribution in [3.63, 3.8) is 0 Å². The maximum Gasteiger partial charge on any atom is 0.244 e. The van der Waals surface area contributed by atoms with Gasteiger partial charge in [0.15, 0.2) is 0 Å². The average molecular weight is 328 g/mol. The molecule has 1 aromatic rings. The number of nitrogens with zero attached hydrogens (tertiary/aromatic N) is 4. The van der Waals surface area contributed by atoms with E-state index in [9.17, 15) is 4.79 Å². The Hall–Kier alpha value is -1.94. The van der Waals surface area contributed by atoms with Crippen LogP contribution in [0.4, 0.5) is 5.69 Å². The molecule has 1 unspecified atom stereocenters. The predicted octanol–water partition coefficient (Wildman–Crippen LogP) is 0.664. The van der Waals surface area contributed by atoms with Crippen LogP contribution in [0.3, 0.4) is 0 Å². The highest BCUT2D eigenvalue weighted by Crippen LogP contribution is 2.24. The van der Waals surface area contributed by atoms with Gasteiger partial charge in [0.1, 0.15) is 0 Å². The zero-order valence-electron chi connectivity index (χ0n) is 13.9. The van der Waals surface area contributed by atoms with Gasteiger partial charge in [-0.15, -0.1) is 0 Å². The van der Waals surface area contributed by atoms with E-state index in [1.807, 2.05) is 17.0 Å². The van der Waals surface area contributed by atoms with Crippen molar-refractivity contribution in [2.24, 2.45) is 0 Å². The van der Waals surface area contributed by atoms with Crippen molar-refractivity contribution in [1.29, 1.82) is 5.26 Å². The number of carbonyl (C=O) groups excluding carboxylic acids is 1. The van der Waals surface area contributed by atoms with E-state index in [0.29, 0.717) is 12.1 Å². The molecule has 2 aliphatic heterocycles. The summed E-state index contributed by atoms with van der Waals surface area (Å²) in [6.07, 6.45) is 1.90. The molecule has 1 aromatic carbocycles. The zero-order chi connectivity index (χ0) is 16.9. The first kappa shape index (κ1) is 16.9. The minimum Gasteiger partial charge on any atom is -0.395 e. The molecule has 0 aliphatic carbocycles. The number of aliphatic hydroxyl groups is 1. The molecule has 0 radical (unpaired) electrons. The molecule has 2 heterocycles. The number of rotatable bonds is 4. The maximum absolute atomic E-state index is 13.0. The van der Waals surface area contributed by atoms with Gasteiger partial charge < -0.3 is 10.0 Å². The Morgan fingerprint density at radius 1 is 1.12 bits per heavy atom. The molecule has 2 fully saturated rings. The Labute approximate surface area is 142 Å². The van der Waals surface area contributed by atoms with E-state index in [1.54, 1.807) is 12.1 Å². The SMILES string of the molecule is N#Cc1ccc(N2CCCC(N3CCN(CCO)CC3)C2=O)cc1. The Bertz CT molecular complexity index is 602. The van der Waals surface area contributed by atoms with Crippen LogP contribution in [0.1, 0.15) is 18.4 Å². The summed E-state index contributed by atoms with van der Waals surface area (Å²) in [5.41, 5.74) is 1.49. The van der Waals surface area contributed by atoms with Crippen LogP contribution >= 0.6 is 0 Å². The highest BCUT2D eigenvalue weighted by atomic mass is 16.3. The molecule has 2 saturated heterocycles. The Morgan fingerprint density at radius 2 is 1.83 bits per heavy atom. The zero-order valence-corrected chi connectivity index (χ0v) is 13.9. The summed E-state index contributed by atoms with van der Waals surface area (Å²) < 4.78 is 0. The fourth-order valence-electron chi connectivity index (χ4n) is 3.61. The van der Waals surface area contributed by atoms with Gasteiger partial charge in [-0.1, -0.05) is 0 Å². The molecule has 1 N–H and O–H groups in total. The maximum atomic E-state index is 13.0. The van der Waals surface area contributed by atoms with Crippen LogP contribution in [-0.2, 0) is 4.79 Å². The molecular weight excluding hydrogens is 304 g/mol. The van der Waals surface area contributed by atoms with Gasteiger partial charge in [0.05, 0.1) is 24.3 Å². The molecule has 0 aromatic heterocycles. The molecule has 1 atom stereocenters. The van der Waals surface area contributed by atoms with Crippen molar-refractivity contribution in [1.82, 2.24) is 9.80 Å². The van der Waals surface area contributed by atoms with Crippen LogP contribution in [-0.4, -0.2) is 72.7 Å². The van der Waals surface area contributed by atoms with Crippen LogP contribution in [0.15, 0.2) is 24.3 Å². The van der Waals surface area contributed by atoms with Crippen molar-refractivity contribution in [2.45, 2.75) is 18.9 Å². The molecule has 6 nitrogen and oxygen atoms in total. The Kier molecular flexibility index (Phi) is 5.46. The largest absolute Gasteiger partial charge is 0.395 e. The predicted molar refractivity (Wildman–Crippen MR) is 91.6 cm³/mol. The van der Waals surface area contributed by atoms with Crippen LogP contribution in [0.25, 0.3) is 0 Å². The molecule has 0 saturated carbocycles. The molecule has 128 valence electrons. The summed E-state index contributed by atoms with van der Waals surface area (Å²) in [7, 11) is 0. The van der Waals surface area contributed by atoms with Gasteiger partial charge in [0.25, 0.3) is 0 Å². The molecule has 2 aliphatic rings. The van der Waals surface area contributed by atoms with E-state index in [2.05, 4.69) is 15.9 Å². The van der Waals surface area contributed by atoms with E-state index in [-0.39, 0.29) is 18.6 Å². The van der Waals surface area contributed by atoms with Crippen molar-refractivity contribution in [3.8, 4) is 6.07 Å². The van der Waals surface area contributed by atoms with Gasteiger partial charge in [0, 0.05) is 45.0 Å². The molecule has 6 heteroatoms. The van der Waals surface area contributed by atoms with Gasteiger partial charge in [0.2, 0.25) is 5.91 Å². The van der Waals surface area contributed by atoms with E-state index in [0.717, 1.165) is 51.3 Å². The van der Waals surface area contributed by atoms with Crippen molar-refractivity contribution in [3.05, 3.63) is 29.8 Å². The first-order chi connectivity index (χ1) is 11.7. The molecule has 0 bridgehead atoms. The molecule has 1 amide bonds. The number of hydrogen-bond donors (Lipinski definition) is 1. The monoisotopic (exact) mass is 328 g/mol. The van der Waals surface area contributed by atoms with E-state index < -0.39 is 0 Å². The number of benzene rings is 1. The number of piperidine rings is 1. The van der Waals surface area contributed by atoms with Crippen molar-refractivity contribution in [2.75, 3.05) is 50.8 Å². The summed E-state index contributed by atoms with van der Waals surface area (Å²) in [6, 6.07) is 9.30. The Balaban J connectivity index is 1.65. The number of aliphatic hydroxyl groups excluding tert-OH is 1. The lowest BCUT2D eigenvalue weighted by atomic mass is 10.0. The number of piperazine rings is 1. The van der Waals surface area contributed by atoms with Gasteiger partial charge >= 0.3 is 0 Å². The van der Waals surface area contributed by atoms with Crippen molar-refractivity contribution < 1.29 is 9.90 Å². The van der Waals surface area contributed by atoms with Gasteiger partial charge in [-0.2, -0.15) is 5.26 Å². The summed E-state index contributed by atoms with van der Waals surface area (Å²) in [5, 5.41) is 17.9. The fraction of sp³-hybridized carbons (Fsp3) is 0.556. The van der Waals surface area contributed by atoms with Crippen LogP contribution in [0.2, 0.25) is 0 Å². The second kappa shape index (κ2) is 7.75. The number of amides is 1. The Morgan fingerprint density at radius 3 is 2.46 bits per heavy atom. The quantitative estimate of drug-likeness (QED) is 0.879. The fourth-order valence-corrected chi connectivity index (χ4v) is 3.61.